The van der Waals surface area contributed by atoms with Gasteiger partial charge in [-0.2, -0.15) is 0 Å². The summed E-state index contributed by atoms with van der Waals surface area (Å²) >= 11 is 5.07. The molecule has 1 aromatic carbocycles. The van der Waals surface area contributed by atoms with Crippen molar-refractivity contribution in [2.45, 2.75) is 52.3 Å². The Bertz CT molecular complexity index is 463. The molecule has 0 saturated heterocycles. The summed E-state index contributed by atoms with van der Waals surface area (Å²) in [5, 5.41) is 3.14. The Morgan fingerprint density at radius 1 is 1.14 bits per heavy atom. The molecule has 0 aliphatic rings. The topological polar surface area (TPSA) is 29.1 Å². The van der Waals surface area contributed by atoms with Crippen molar-refractivity contribution < 1.29 is 4.79 Å². The normalized spacial score (nSPS) is 12.3. The predicted molar refractivity (Wildman–Crippen MR) is 96.6 cm³/mol. The molecule has 0 aromatic heterocycles. The van der Waals surface area contributed by atoms with Crippen molar-refractivity contribution in [1.82, 2.24) is 5.32 Å². The lowest BCUT2D eigenvalue weighted by Gasteiger charge is -2.33. The number of benzene rings is 1. The Morgan fingerprint density at radius 3 is 2.24 bits per heavy atom. The van der Waals surface area contributed by atoms with E-state index < -0.39 is 0 Å². The summed E-state index contributed by atoms with van der Waals surface area (Å²) in [4.78, 5) is 12.0. The lowest BCUT2D eigenvalue weighted by Crippen LogP contribution is -2.46. The predicted octanol–water partition coefficient (Wildman–Crippen LogP) is 5.01. The Hall–Kier alpha value is -0.480. The molecule has 0 heterocycles. The molecule has 0 spiro atoms. The SMILES string of the molecule is CC(C)(C)CC(C)(C)NC(=O)CSCc1ccc(Br)cc1. The molecule has 0 aliphatic heterocycles. The zero-order valence-electron chi connectivity index (χ0n) is 13.6. The van der Waals surface area contributed by atoms with E-state index in [1.165, 1.54) is 5.56 Å². The smallest absolute Gasteiger partial charge is 0.230 e. The Morgan fingerprint density at radius 2 is 1.71 bits per heavy atom. The number of amides is 1. The van der Waals surface area contributed by atoms with Gasteiger partial charge in [0.25, 0.3) is 0 Å². The van der Waals surface area contributed by atoms with E-state index in [0.29, 0.717) is 5.75 Å². The maximum Gasteiger partial charge on any atom is 0.230 e. The number of thioether (sulfide) groups is 1. The second kappa shape index (κ2) is 7.68. The Balaban J connectivity index is 2.35. The minimum Gasteiger partial charge on any atom is -0.350 e. The molecule has 118 valence electrons. The maximum absolute atomic E-state index is 12.0. The Kier molecular flexibility index (Phi) is 6.79. The van der Waals surface area contributed by atoms with Crippen LogP contribution in [0.5, 0.6) is 0 Å². The monoisotopic (exact) mass is 371 g/mol. The molecule has 1 rings (SSSR count). The van der Waals surface area contributed by atoms with Crippen molar-refractivity contribution in [2.75, 3.05) is 5.75 Å². The first kappa shape index (κ1) is 18.6. The molecule has 4 heteroatoms. The molecule has 1 aromatic rings. The van der Waals surface area contributed by atoms with Crippen LogP contribution in [0.4, 0.5) is 0 Å². The highest BCUT2D eigenvalue weighted by Gasteiger charge is 2.26. The highest BCUT2D eigenvalue weighted by molar-refractivity contribution is 9.10. The first-order chi connectivity index (χ1) is 9.57. The largest absolute Gasteiger partial charge is 0.350 e. The summed E-state index contributed by atoms with van der Waals surface area (Å²) in [5.41, 5.74) is 1.29. The van der Waals surface area contributed by atoms with Crippen molar-refractivity contribution >= 4 is 33.6 Å². The van der Waals surface area contributed by atoms with E-state index in [0.717, 1.165) is 16.6 Å². The number of rotatable bonds is 6. The second-order valence-corrected chi connectivity index (χ2v) is 9.19. The summed E-state index contributed by atoms with van der Waals surface area (Å²) in [6.07, 6.45) is 0.961. The van der Waals surface area contributed by atoms with Crippen LogP contribution in [-0.2, 0) is 10.5 Å². The van der Waals surface area contributed by atoms with E-state index in [-0.39, 0.29) is 16.9 Å². The Labute approximate surface area is 141 Å². The molecular weight excluding hydrogens is 346 g/mol. The second-order valence-electron chi connectivity index (χ2n) is 7.29. The van der Waals surface area contributed by atoms with Crippen LogP contribution in [0, 0.1) is 5.41 Å². The van der Waals surface area contributed by atoms with Crippen LogP contribution in [0.1, 0.15) is 46.6 Å². The van der Waals surface area contributed by atoms with Gasteiger partial charge in [-0.15, -0.1) is 11.8 Å². The molecule has 21 heavy (non-hydrogen) atoms. The first-order valence-electron chi connectivity index (χ1n) is 7.21. The summed E-state index contributed by atoms with van der Waals surface area (Å²) in [7, 11) is 0. The fourth-order valence-corrected chi connectivity index (χ4v) is 3.68. The van der Waals surface area contributed by atoms with E-state index >= 15 is 0 Å². The molecule has 1 N–H and O–H groups in total. The highest BCUT2D eigenvalue weighted by atomic mass is 79.9. The average Bonchev–Trinajstić information content (AvgIpc) is 2.27. The molecule has 0 aliphatic carbocycles. The average molecular weight is 372 g/mol. The van der Waals surface area contributed by atoms with Crippen molar-refractivity contribution in [3.63, 3.8) is 0 Å². The standard InChI is InChI=1S/C17H26BrNOS/c1-16(2,3)12-17(4,5)19-15(20)11-21-10-13-6-8-14(18)9-7-13/h6-9H,10-12H2,1-5H3,(H,19,20). The third-order valence-electron chi connectivity index (χ3n) is 2.87. The summed E-state index contributed by atoms with van der Waals surface area (Å²) in [5.74, 6) is 1.48. The van der Waals surface area contributed by atoms with Gasteiger partial charge < -0.3 is 5.32 Å². The maximum atomic E-state index is 12.0. The van der Waals surface area contributed by atoms with E-state index in [1.54, 1.807) is 11.8 Å². The van der Waals surface area contributed by atoms with Crippen LogP contribution in [0.25, 0.3) is 0 Å². The fraction of sp³-hybridized carbons (Fsp3) is 0.588. The van der Waals surface area contributed by atoms with Gasteiger partial charge in [-0.05, 0) is 43.4 Å². The van der Waals surface area contributed by atoms with Crippen molar-refractivity contribution in [1.29, 1.82) is 0 Å². The van der Waals surface area contributed by atoms with Crippen LogP contribution in [0.2, 0.25) is 0 Å². The van der Waals surface area contributed by atoms with Crippen molar-refractivity contribution in [3.05, 3.63) is 34.3 Å². The molecule has 0 unspecified atom stereocenters. The summed E-state index contributed by atoms with van der Waals surface area (Å²) in [6.45, 7) is 10.8. The minimum absolute atomic E-state index is 0.117. The van der Waals surface area contributed by atoms with Gasteiger partial charge in [0.15, 0.2) is 0 Å². The summed E-state index contributed by atoms with van der Waals surface area (Å²) in [6, 6.07) is 8.22. The van der Waals surface area contributed by atoms with Gasteiger partial charge in [0.05, 0.1) is 5.75 Å². The molecule has 1 amide bonds. The number of carbonyl (C=O) groups excluding carboxylic acids is 1. The molecule has 0 radical (unpaired) electrons. The summed E-state index contributed by atoms with van der Waals surface area (Å²) < 4.78 is 1.08. The van der Waals surface area contributed by atoms with Gasteiger partial charge in [0.2, 0.25) is 5.91 Å². The molecule has 2 nitrogen and oxygen atoms in total. The van der Waals surface area contributed by atoms with Gasteiger partial charge in [0.1, 0.15) is 0 Å². The van der Waals surface area contributed by atoms with Gasteiger partial charge in [-0.1, -0.05) is 48.8 Å². The zero-order valence-corrected chi connectivity index (χ0v) is 16.0. The molecule has 0 bridgehead atoms. The van der Waals surface area contributed by atoms with E-state index in [4.69, 9.17) is 0 Å². The number of nitrogens with one attached hydrogen (secondary N) is 1. The number of halogens is 1. The first-order valence-corrected chi connectivity index (χ1v) is 9.15. The minimum atomic E-state index is -0.159. The van der Waals surface area contributed by atoms with Gasteiger partial charge >= 0.3 is 0 Å². The van der Waals surface area contributed by atoms with Gasteiger partial charge in [-0.3, -0.25) is 4.79 Å². The number of hydrogen-bond donors (Lipinski definition) is 1. The van der Waals surface area contributed by atoms with E-state index in [1.807, 2.05) is 12.1 Å². The quantitative estimate of drug-likeness (QED) is 0.760. The van der Waals surface area contributed by atoms with Crippen molar-refractivity contribution in [3.8, 4) is 0 Å². The van der Waals surface area contributed by atoms with Crippen LogP contribution in [-0.4, -0.2) is 17.2 Å². The van der Waals surface area contributed by atoms with Crippen LogP contribution < -0.4 is 5.32 Å². The fourth-order valence-electron chi connectivity index (χ4n) is 2.63. The molecule has 0 fully saturated rings. The number of hydrogen-bond acceptors (Lipinski definition) is 2. The third kappa shape index (κ3) is 8.52. The lowest BCUT2D eigenvalue weighted by atomic mass is 9.82. The van der Waals surface area contributed by atoms with E-state index in [9.17, 15) is 4.79 Å². The molecule has 0 saturated carbocycles. The number of carbonyl (C=O) groups is 1. The third-order valence-corrected chi connectivity index (χ3v) is 4.40. The lowest BCUT2D eigenvalue weighted by molar-refractivity contribution is -0.120. The van der Waals surface area contributed by atoms with Crippen molar-refractivity contribution in [2.24, 2.45) is 5.41 Å². The van der Waals surface area contributed by atoms with Gasteiger partial charge in [-0.25, -0.2) is 0 Å². The van der Waals surface area contributed by atoms with E-state index in [2.05, 4.69) is 68.0 Å². The van der Waals surface area contributed by atoms with Crippen LogP contribution in [0.3, 0.4) is 0 Å². The van der Waals surface area contributed by atoms with Gasteiger partial charge in [0, 0.05) is 15.8 Å². The van der Waals surface area contributed by atoms with Crippen LogP contribution >= 0.6 is 27.7 Å². The molecular formula is C17H26BrNOS. The molecule has 0 atom stereocenters. The highest BCUT2D eigenvalue weighted by Crippen LogP contribution is 2.27. The zero-order chi connectivity index (χ0) is 16.1. The van der Waals surface area contributed by atoms with Crippen LogP contribution in [0.15, 0.2) is 28.7 Å².